The van der Waals surface area contributed by atoms with Crippen LogP contribution in [0.5, 0.6) is 0 Å². The van der Waals surface area contributed by atoms with Gasteiger partial charge in [0.05, 0.1) is 11.4 Å². The van der Waals surface area contributed by atoms with E-state index in [1.165, 1.54) is 19.3 Å². The quantitative estimate of drug-likeness (QED) is 0.741. The van der Waals surface area contributed by atoms with Crippen molar-refractivity contribution in [2.24, 2.45) is 0 Å². The van der Waals surface area contributed by atoms with Crippen molar-refractivity contribution in [2.75, 3.05) is 6.54 Å². The number of nitrogens with zero attached hydrogens (tertiary/aromatic N) is 5. The molecule has 1 aliphatic rings. The molecule has 1 aliphatic heterocycles. The Morgan fingerprint density at radius 1 is 1.11 bits per heavy atom. The van der Waals surface area contributed by atoms with Crippen molar-refractivity contribution in [1.82, 2.24) is 29.9 Å². The highest BCUT2D eigenvalue weighted by atomic mass is 16.1. The number of hydrogen-bond acceptors (Lipinski definition) is 4. The first-order chi connectivity index (χ1) is 13.6. The van der Waals surface area contributed by atoms with Gasteiger partial charge >= 0.3 is 0 Å². The van der Waals surface area contributed by atoms with Gasteiger partial charge in [0.2, 0.25) is 0 Å². The van der Waals surface area contributed by atoms with Crippen LogP contribution in [0, 0.1) is 13.8 Å². The number of fused-ring (bicyclic) bond motifs is 1. The maximum absolute atomic E-state index is 12.5. The Bertz CT molecular complexity index is 969. The minimum atomic E-state index is -0.0736. The van der Waals surface area contributed by atoms with Crippen LogP contribution in [0.4, 0.5) is 0 Å². The predicted molar refractivity (Wildman–Crippen MR) is 107 cm³/mol. The van der Waals surface area contributed by atoms with Crippen LogP contribution in [0.15, 0.2) is 30.3 Å². The van der Waals surface area contributed by atoms with Crippen molar-refractivity contribution in [1.29, 1.82) is 0 Å². The van der Waals surface area contributed by atoms with Crippen LogP contribution in [-0.4, -0.2) is 37.0 Å². The summed E-state index contributed by atoms with van der Waals surface area (Å²) in [4.78, 5) is 12.5. The molecule has 7 heteroatoms. The van der Waals surface area contributed by atoms with Gasteiger partial charge in [-0.15, -0.1) is 10.2 Å². The van der Waals surface area contributed by atoms with Crippen molar-refractivity contribution in [3.63, 3.8) is 0 Å². The van der Waals surface area contributed by atoms with Gasteiger partial charge in [-0.1, -0.05) is 6.42 Å². The predicted octanol–water partition coefficient (Wildman–Crippen LogP) is 2.78. The zero-order valence-electron chi connectivity index (χ0n) is 16.5. The van der Waals surface area contributed by atoms with Gasteiger partial charge in [0, 0.05) is 37.2 Å². The molecular weight excluding hydrogens is 352 g/mol. The second-order valence-electron chi connectivity index (χ2n) is 7.39. The van der Waals surface area contributed by atoms with E-state index >= 15 is 0 Å². The van der Waals surface area contributed by atoms with Gasteiger partial charge in [-0.3, -0.25) is 4.79 Å². The molecular formula is C21H26N6O. The maximum Gasteiger partial charge on any atom is 0.251 e. The summed E-state index contributed by atoms with van der Waals surface area (Å²) in [5.41, 5.74) is 3.64. The minimum absolute atomic E-state index is 0.0736. The largest absolute Gasteiger partial charge is 0.352 e. The lowest BCUT2D eigenvalue weighted by Gasteiger charge is -2.09. The summed E-state index contributed by atoms with van der Waals surface area (Å²) in [5.74, 6) is 1.98. The third-order valence-electron chi connectivity index (χ3n) is 5.20. The molecule has 0 bridgehead atoms. The fourth-order valence-corrected chi connectivity index (χ4v) is 3.76. The van der Waals surface area contributed by atoms with Gasteiger partial charge in [-0.25, -0.2) is 4.68 Å². The van der Waals surface area contributed by atoms with Crippen molar-refractivity contribution in [2.45, 2.75) is 52.5 Å². The Kier molecular flexibility index (Phi) is 5.23. The molecule has 4 rings (SSSR count). The van der Waals surface area contributed by atoms with E-state index in [0.29, 0.717) is 18.5 Å². The number of aryl methyl sites for hydroxylation is 3. The van der Waals surface area contributed by atoms with E-state index in [2.05, 4.69) is 25.2 Å². The second-order valence-corrected chi connectivity index (χ2v) is 7.39. The van der Waals surface area contributed by atoms with Gasteiger partial charge in [0.1, 0.15) is 11.6 Å². The Balaban J connectivity index is 1.35. The summed E-state index contributed by atoms with van der Waals surface area (Å²) < 4.78 is 4.11. The zero-order valence-corrected chi connectivity index (χ0v) is 16.5. The van der Waals surface area contributed by atoms with Crippen LogP contribution in [0.25, 0.3) is 5.69 Å². The van der Waals surface area contributed by atoms with Crippen molar-refractivity contribution >= 4 is 5.91 Å². The van der Waals surface area contributed by atoms with Crippen LogP contribution < -0.4 is 5.32 Å². The average molecular weight is 378 g/mol. The molecule has 28 heavy (non-hydrogen) atoms. The molecule has 7 nitrogen and oxygen atoms in total. The summed E-state index contributed by atoms with van der Waals surface area (Å²) in [7, 11) is 0. The Hall–Kier alpha value is -2.96. The molecule has 1 aromatic carbocycles. The lowest BCUT2D eigenvalue weighted by Crippen LogP contribution is -2.26. The van der Waals surface area contributed by atoms with Crippen LogP contribution in [0.1, 0.15) is 52.7 Å². The van der Waals surface area contributed by atoms with Gasteiger partial charge < -0.3 is 9.88 Å². The molecule has 3 heterocycles. The number of carbonyl (C=O) groups is 1. The number of benzene rings is 1. The van der Waals surface area contributed by atoms with E-state index in [1.54, 1.807) is 0 Å². The first-order valence-electron chi connectivity index (χ1n) is 9.94. The Morgan fingerprint density at radius 3 is 2.68 bits per heavy atom. The van der Waals surface area contributed by atoms with Crippen molar-refractivity contribution in [3.8, 4) is 5.69 Å². The van der Waals surface area contributed by atoms with Gasteiger partial charge in [0.25, 0.3) is 5.91 Å². The molecule has 1 amide bonds. The summed E-state index contributed by atoms with van der Waals surface area (Å²) in [6, 6.07) is 9.56. The smallest absolute Gasteiger partial charge is 0.251 e. The van der Waals surface area contributed by atoms with E-state index in [4.69, 9.17) is 0 Å². The monoisotopic (exact) mass is 378 g/mol. The van der Waals surface area contributed by atoms with Gasteiger partial charge in [-0.2, -0.15) is 5.10 Å². The van der Waals surface area contributed by atoms with Crippen LogP contribution in [0.3, 0.4) is 0 Å². The third kappa shape index (κ3) is 3.83. The first-order valence-corrected chi connectivity index (χ1v) is 9.94. The zero-order chi connectivity index (χ0) is 19.5. The highest BCUT2D eigenvalue weighted by molar-refractivity contribution is 5.94. The standard InChI is InChI=1S/C21H26N6O/c1-15-14-16(2)27(25-15)18-9-7-17(8-10-18)21(28)22-12-11-20-24-23-19-6-4-3-5-13-26(19)20/h7-10,14H,3-6,11-13H2,1-2H3,(H,22,28). The molecule has 1 N–H and O–H groups in total. The molecule has 0 fully saturated rings. The van der Waals surface area contributed by atoms with Crippen LogP contribution in [-0.2, 0) is 19.4 Å². The first kappa shape index (κ1) is 18.4. The molecule has 0 aliphatic carbocycles. The number of carbonyl (C=O) groups excluding carboxylic acids is 1. The van der Waals surface area contributed by atoms with Gasteiger partial charge in [-0.05, 0) is 57.0 Å². The number of hydrogen-bond donors (Lipinski definition) is 1. The molecule has 0 atom stereocenters. The summed E-state index contributed by atoms with van der Waals surface area (Å²) >= 11 is 0. The summed E-state index contributed by atoms with van der Waals surface area (Å²) in [6.45, 7) is 5.53. The lowest BCUT2D eigenvalue weighted by molar-refractivity contribution is 0.0954. The molecule has 0 unspecified atom stereocenters. The number of nitrogens with one attached hydrogen (secondary N) is 1. The lowest BCUT2D eigenvalue weighted by atomic mass is 10.2. The van der Waals surface area contributed by atoms with E-state index in [0.717, 1.165) is 41.7 Å². The minimum Gasteiger partial charge on any atom is -0.352 e. The number of aromatic nitrogens is 5. The average Bonchev–Trinajstić information content (AvgIpc) is 3.14. The number of rotatable bonds is 5. The van der Waals surface area contributed by atoms with Crippen LogP contribution >= 0.6 is 0 Å². The molecule has 3 aromatic rings. The number of amides is 1. The van der Waals surface area contributed by atoms with E-state index < -0.39 is 0 Å². The van der Waals surface area contributed by atoms with E-state index in [-0.39, 0.29) is 5.91 Å². The Morgan fingerprint density at radius 2 is 1.93 bits per heavy atom. The maximum atomic E-state index is 12.5. The highest BCUT2D eigenvalue weighted by Gasteiger charge is 2.15. The molecule has 0 radical (unpaired) electrons. The molecule has 0 saturated carbocycles. The molecule has 0 spiro atoms. The SMILES string of the molecule is Cc1cc(C)n(-c2ccc(C(=O)NCCc3nnc4n3CCCCC4)cc2)n1. The normalized spacial score (nSPS) is 13.8. The second kappa shape index (κ2) is 7.96. The third-order valence-corrected chi connectivity index (χ3v) is 5.20. The van der Waals surface area contributed by atoms with E-state index in [1.807, 2.05) is 48.9 Å². The van der Waals surface area contributed by atoms with Crippen LogP contribution in [0.2, 0.25) is 0 Å². The Labute approximate surface area is 164 Å². The molecule has 146 valence electrons. The van der Waals surface area contributed by atoms with Gasteiger partial charge in [0.15, 0.2) is 0 Å². The van der Waals surface area contributed by atoms with Crippen molar-refractivity contribution in [3.05, 3.63) is 58.9 Å². The summed E-state index contributed by atoms with van der Waals surface area (Å²) in [6.07, 6.45) is 5.30. The molecule has 2 aromatic heterocycles. The highest BCUT2D eigenvalue weighted by Crippen LogP contribution is 2.15. The van der Waals surface area contributed by atoms with Crippen molar-refractivity contribution < 1.29 is 4.79 Å². The fraction of sp³-hybridized carbons (Fsp3) is 0.429. The summed E-state index contributed by atoms with van der Waals surface area (Å²) in [5, 5.41) is 16.1. The fourth-order valence-electron chi connectivity index (χ4n) is 3.76. The van der Waals surface area contributed by atoms with E-state index in [9.17, 15) is 4.79 Å². The topological polar surface area (TPSA) is 77.6 Å². The molecule has 0 saturated heterocycles.